The lowest BCUT2D eigenvalue weighted by atomic mass is 10.1. The summed E-state index contributed by atoms with van der Waals surface area (Å²) in [7, 11) is 0. The second-order valence-electron chi connectivity index (χ2n) is 4.77. The van der Waals surface area contributed by atoms with Crippen LogP contribution in [0.1, 0.15) is 16.7 Å². The lowest BCUT2D eigenvalue weighted by Gasteiger charge is -1.99. The highest BCUT2D eigenvalue weighted by Crippen LogP contribution is 2.22. The van der Waals surface area contributed by atoms with Crippen LogP contribution in [0.2, 0.25) is 0 Å². The molecule has 0 spiro atoms. The van der Waals surface area contributed by atoms with Crippen molar-refractivity contribution in [1.29, 1.82) is 0 Å². The van der Waals surface area contributed by atoms with Gasteiger partial charge in [-0.25, -0.2) is 0 Å². The monoisotopic (exact) mass is 283 g/mol. The zero-order valence-electron chi connectivity index (χ0n) is 11.4. The Labute approximate surface area is 122 Å². The van der Waals surface area contributed by atoms with Gasteiger partial charge in [-0.15, -0.1) is 11.3 Å². The van der Waals surface area contributed by atoms with E-state index >= 15 is 0 Å². The molecule has 0 saturated carbocycles. The van der Waals surface area contributed by atoms with Crippen molar-refractivity contribution in [3.8, 4) is 11.1 Å². The van der Waals surface area contributed by atoms with Gasteiger partial charge < -0.3 is 5.73 Å². The molecular weight excluding hydrogens is 266 g/mol. The highest BCUT2D eigenvalue weighted by Gasteiger charge is 2.04. The van der Waals surface area contributed by atoms with Crippen molar-refractivity contribution in [2.75, 3.05) is 5.73 Å². The minimum Gasteiger partial charge on any atom is -0.399 e. The first-order valence-corrected chi connectivity index (χ1v) is 7.52. The summed E-state index contributed by atoms with van der Waals surface area (Å²) in [5.74, 6) is 0. The summed E-state index contributed by atoms with van der Waals surface area (Å²) in [6.45, 7) is 3.01. The van der Waals surface area contributed by atoms with E-state index in [0.29, 0.717) is 0 Å². The number of nitrogens with zero attached hydrogens (tertiary/aromatic N) is 2. The number of anilines is 1. The molecule has 3 rings (SSSR count). The van der Waals surface area contributed by atoms with Gasteiger partial charge in [0.2, 0.25) is 0 Å². The molecule has 2 N–H and O–H groups in total. The average molecular weight is 283 g/mol. The highest BCUT2D eigenvalue weighted by atomic mass is 32.1. The predicted molar refractivity (Wildman–Crippen MR) is 84.9 cm³/mol. The second kappa shape index (κ2) is 5.51. The van der Waals surface area contributed by atoms with Crippen LogP contribution in [0, 0.1) is 0 Å². The Morgan fingerprint density at radius 1 is 1.15 bits per heavy atom. The number of aromatic nitrogens is 2. The fourth-order valence-electron chi connectivity index (χ4n) is 2.17. The molecule has 102 valence electrons. The van der Waals surface area contributed by atoms with Crippen LogP contribution < -0.4 is 5.73 Å². The van der Waals surface area contributed by atoms with Crippen LogP contribution in [-0.4, -0.2) is 9.78 Å². The van der Waals surface area contributed by atoms with E-state index in [-0.39, 0.29) is 0 Å². The molecule has 2 heterocycles. The largest absolute Gasteiger partial charge is 0.399 e. The van der Waals surface area contributed by atoms with Crippen LogP contribution in [0.15, 0.2) is 48.8 Å². The Bertz CT molecular complexity index is 712. The van der Waals surface area contributed by atoms with Crippen molar-refractivity contribution >= 4 is 17.0 Å². The van der Waals surface area contributed by atoms with Crippen LogP contribution in [0.4, 0.5) is 5.69 Å². The molecule has 0 bridgehead atoms. The third-order valence-corrected chi connectivity index (χ3v) is 4.45. The van der Waals surface area contributed by atoms with Crippen molar-refractivity contribution in [3.63, 3.8) is 0 Å². The Morgan fingerprint density at radius 2 is 2.00 bits per heavy atom. The van der Waals surface area contributed by atoms with Crippen LogP contribution in [-0.2, 0) is 13.0 Å². The molecule has 4 heteroatoms. The number of hydrogen-bond donors (Lipinski definition) is 1. The van der Waals surface area contributed by atoms with Gasteiger partial charge in [-0.3, -0.25) is 4.68 Å². The Morgan fingerprint density at radius 3 is 2.75 bits per heavy atom. The van der Waals surface area contributed by atoms with Crippen LogP contribution in [0.5, 0.6) is 0 Å². The van der Waals surface area contributed by atoms with Gasteiger partial charge >= 0.3 is 0 Å². The molecule has 0 aliphatic carbocycles. The molecular formula is C16H17N3S. The zero-order chi connectivity index (χ0) is 13.9. The zero-order valence-corrected chi connectivity index (χ0v) is 12.2. The number of nitrogens with two attached hydrogens (primary N) is 1. The van der Waals surface area contributed by atoms with Crippen molar-refractivity contribution in [2.45, 2.75) is 19.9 Å². The van der Waals surface area contributed by atoms with Gasteiger partial charge in [0.25, 0.3) is 0 Å². The average Bonchev–Trinajstić information content (AvgIpc) is 3.08. The third kappa shape index (κ3) is 2.75. The normalized spacial score (nSPS) is 10.8. The Balaban J connectivity index is 1.80. The lowest BCUT2D eigenvalue weighted by molar-refractivity contribution is 0.695. The fourth-order valence-corrected chi connectivity index (χ4v) is 3.12. The van der Waals surface area contributed by atoms with Gasteiger partial charge in [0, 0.05) is 27.2 Å². The standard InChI is InChI=1S/C16H17N3S/c1-2-15-6-7-16(20-15)11-19-10-13(9-18-19)12-4-3-5-14(17)8-12/h3-10H,2,11,17H2,1H3. The summed E-state index contributed by atoms with van der Waals surface area (Å²) >= 11 is 1.85. The topological polar surface area (TPSA) is 43.8 Å². The smallest absolute Gasteiger partial charge is 0.0752 e. The van der Waals surface area contributed by atoms with Crippen molar-refractivity contribution in [3.05, 3.63) is 58.5 Å². The maximum absolute atomic E-state index is 5.82. The van der Waals surface area contributed by atoms with Crippen molar-refractivity contribution < 1.29 is 0 Å². The fraction of sp³-hybridized carbons (Fsp3) is 0.188. The summed E-state index contributed by atoms with van der Waals surface area (Å²) in [6.07, 6.45) is 5.06. The van der Waals surface area contributed by atoms with Gasteiger partial charge in [-0.05, 0) is 36.2 Å². The van der Waals surface area contributed by atoms with E-state index in [2.05, 4.69) is 36.4 Å². The third-order valence-electron chi connectivity index (χ3n) is 3.24. The number of aryl methyl sites for hydroxylation is 1. The van der Waals surface area contributed by atoms with E-state index in [4.69, 9.17) is 5.73 Å². The first-order chi connectivity index (χ1) is 9.74. The minimum atomic E-state index is 0.779. The van der Waals surface area contributed by atoms with E-state index in [0.717, 1.165) is 29.8 Å². The van der Waals surface area contributed by atoms with Gasteiger partial charge in [-0.1, -0.05) is 19.1 Å². The van der Waals surface area contributed by atoms with Gasteiger partial charge in [-0.2, -0.15) is 5.10 Å². The summed E-state index contributed by atoms with van der Waals surface area (Å²) in [4.78, 5) is 2.76. The first kappa shape index (κ1) is 12.9. The number of rotatable bonds is 4. The number of nitrogen functional groups attached to an aromatic ring is 1. The molecule has 0 unspecified atom stereocenters. The van der Waals surface area contributed by atoms with Gasteiger partial charge in [0.15, 0.2) is 0 Å². The lowest BCUT2D eigenvalue weighted by Crippen LogP contribution is -1.97. The molecule has 3 aromatic rings. The molecule has 0 fully saturated rings. The molecule has 1 aromatic carbocycles. The molecule has 0 aliphatic rings. The summed E-state index contributed by atoms with van der Waals surface area (Å²) in [6, 6.07) is 12.3. The van der Waals surface area contributed by atoms with Gasteiger partial charge in [0.05, 0.1) is 12.7 Å². The first-order valence-electron chi connectivity index (χ1n) is 6.70. The predicted octanol–water partition coefficient (Wildman–Crippen LogP) is 3.80. The molecule has 0 amide bonds. The SMILES string of the molecule is CCc1ccc(Cn2cc(-c3cccc(N)c3)cn2)s1. The quantitative estimate of drug-likeness (QED) is 0.740. The van der Waals surface area contributed by atoms with E-state index in [1.54, 1.807) is 0 Å². The second-order valence-corrected chi connectivity index (χ2v) is 6.03. The molecule has 2 aromatic heterocycles. The minimum absolute atomic E-state index is 0.779. The van der Waals surface area contributed by atoms with Crippen LogP contribution in [0.25, 0.3) is 11.1 Å². The molecule has 0 radical (unpaired) electrons. The van der Waals surface area contributed by atoms with Crippen LogP contribution >= 0.6 is 11.3 Å². The number of hydrogen-bond acceptors (Lipinski definition) is 3. The van der Waals surface area contributed by atoms with Crippen molar-refractivity contribution in [2.24, 2.45) is 0 Å². The van der Waals surface area contributed by atoms with E-state index in [9.17, 15) is 0 Å². The number of thiophene rings is 1. The van der Waals surface area contributed by atoms with E-state index in [1.807, 2.05) is 40.4 Å². The molecule has 20 heavy (non-hydrogen) atoms. The molecule has 0 saturated heterocycles. The summed E-state index contributed by atoms with van der Waals surface area (Å²) in [5, 5.41) is 4.44. The molecule has 0 aliphatic heterocycles. The maximum Gasteiger partial charge on any atom is 0.0752 e. The van der Waals surface area contributed by atoms with Gasteiger partial charge in [0.1, 0.15) is 0 Å². The highest BCUT2D eigenvalue weighted by molar-refractivity contribution is 7.11. The Kier molecular flexibility index (Phi) is 3.56. The summed E-state index contributed by atoms with van der Waals surface area (Å²) in [5.41, 5.74) is 8.81. The van der Waals surface area contributed by atoms with Crippen molar-refractivity contribution in [1.82, 2.24) is 9.78 Å². The maximum atomic E-state index is 5.82. The summed E-state index contributed by atoms with van der Waals surface area (Å²) < 4.78 is 1.98. The molecule has 3 nitrogen and oxygen atoms in total. The Hall–Kier alpha value is -2.07. The molecule has 0 atom stereocenters. The number of benzene rings is 1. The van der Waals surface area contributed by atoms with E-state index in [1.165, 1.54) is 9.75 Å². The van der Waals surface area contributed by atoms with E-state index < -0.39 is 0 Å². The van der Waals surface area contributed by atoms with Crippen LogP contribution in [0.3, 0.4) is 0 Å².